The van der Waals surface area contributed by atoms with Crippen LogP contribution in [-0.4, -0.2) is 10.8 Å². The molecule has 0 aliphatic heterocycles. The lowest BCUT2D eigenvalue weighted by Crippen LogP contribution is -2.29. The van der Waals surface area contributed by atoms with Crippen LogP contribution in [0.1, 0.15) is 65.7 Å². The molecule has 0 bridgehead atoms. The van der Waals surface area contributed by atoms with Crippen LogP contribution in [0.5, 0.6) is 0 Å². The SMILES string of the molecule is CCC(C)(C)C1CCc2nc3sc(C(=O)c4ccc(C)cc4)c(N)c3cc2C1. The summed E-state index contributed by atoms with van der Waals surface area (Å²) in [5.74, 6) is 0.654. The van der Waals surface area contributed by atoms with Crippen LogP contribution in [0.3, 0.4) is 0 Å². The molecule has 1 aromatic carbocycles. The molecule has 4 rings (SSSR count). The number of aromatic nitrogens is 1. The van der Waals surface area contributed by atoms with E-state index in [1.54, 1.807) is 0 Å². The summed E-state index contributed by atoms with van der Waals surface area (Å²) in [4.78, 5) is 19.4. The van der Waals surface area contributed by atoms with Crippen molar-refractivity contribution in [2.24, 2.45) is 11.3 Å². The Hall–Kier alpha value is -2.20. The first-order valence-corrected chi connectivity index (χ1v) is 10.9. The minimum atomic E-state index is -0.0107. The molecule has 2 N–H and O–H groups in total. The number of pyridine rings is 1. The number of fused-ring (bicyclic) bond motifs is 2. The van der Waals surface area contributed by atoms with Gasteiger partial charge in [0.1, 0.15) is 9.71 Å². The molecule has 3 aromatic rings. The van der Waals surface area contributed by atoms with Crippen molar-refractivity contribution in [3.63, 3.8) is 0 Å². The van der Waals surface area contributed by atoms with Gasteiger partial charge in [0, 0.05) is 16.6 Å². The number of nitrogen functional groups attached to an aromatic ring is 1. The minimum Gasteiger partial charge on any atom is -0.397 e. The Bertz CT molecular complexity index is 1050. The van der Waals surface area contributed by atoms with E-state index >= 15 is 0 Å². The quantitative estimate of drug-likeness (QED) is 0.557. The third kappa shape index (κ3) is 3.24. The summed E-state index contributed by atoms with van der Waals surface area (Å²) < 4.78 is 0. The number of benzene rings is 1. The average molecular weight is 393 g/mol. The van der Waals surface area contributed by atoms with Crippen LogP contribution in [0.2, 0.25) is 0 Å². The second-order valence-electron chi connectivity index (χ2n) is 8.77. The Morgan fingerprint density at radius 3 is 2.68 bits per heavy atom. The van der Waals surface area contributed by atoms with E-state index in [0.29, 0.717) is 27.5 Å². The molecule has 28 heavy (non-hydrogen) atoms. The van der Waals surface area contributed by atoms with Crippen molar-refractivity contribution in [1.29, 1.82) is 0 Å². The summed E-state index contributed by atoms with van der Waals surface area (Å²) in [6, 6.07) is 9.87. The maximum Gasteiger partial charge on any atom is 0.205 e. The number of hydrogen-bond donors (Lipinski definition) is 1. The fraction of sp³-hybridized carbons (Fsp3) is 0.417. The minimum absolute atomic E-state index is 0.0107. The Morgan fingerprint density at radius 1 is 1.29 bits per heavy atom. The molecule has 0 amide bonds. The second kappa shape index (κ2) is 7.00. The van der Waals surface area contributed by atoms with E-state index in [9.17, 15) is 4.79 Å². The molecule has 2 aromatic heterocycles. The summed E-state index contributed by atoms with van der Waals surface area (Å²) >= 11 is 1.43. The van der Waals surface area contributed by atoms with Gasteiger partial charge >= 0.3 is 0 Å². The highest BCUT2D eigenvalue weighted by atomic mass is 32.1. The average Bonchev–Trinajstić information content (AvgIpc) is 3.01. The third-order valence-electron chi connectivity index (χ3n) is 6.62. The van der Waals surface area contributed by atoms with Crippen molar-refractivity contribution in [2.75, 3.05) is 5.73 Å². The van der Waals surface area contributed by atoms with Gasteiger partial charge in [0.2, 0.25) is 5.78 Å². The summed E-state index contributed by atoms with van der Waals surface area (Å²) in [5, 5.41) is 0.939. The molecule has 1 aliphatic rings. The Kier molecular flexibility index (Phi) is 4.78. The lowest BCUT2D eigenvalue weighted by molar-refractivity contribution is 0.104. The number of carbonyl (C=O) groups is 1. The van der Waals surface area contributed by atoms with Crippen LogP contribution >= 0.6 is 11.3 Å². The number of aryl methyl sites for hydroxylation is 2. The first-order chi connectivity index (χ1) is 13.3. The molecule has 2 heterocycles. The predicted octanol–water partition coefficient (Wildman–Crippen LogP) is 5.96. The van der Waals surface area contributed by atoms with Gasteiger partial charge in [-0.2, -0.15) is 0 Å². The van der Waals surface area contributed by atoms with Gasteiger partial charge in [-0.15, -0.1) is 11.3 Å². The van der Waals surface area contributed by atoms with E-state index in [0.717, 1.165) is 28.6 Å². The van der Waals surface area contributed by atoms with Gasteiger partial charge in [0.25, 0.3) is 0 Å². The Balaban J connectivity index is 1.73. The molecule has 146 valence electrons. The number of anilines is 1. The number of hydrogen-bond acceptors (Lipinski definition) is 4. The zero-order valence-electron chi connectivity index (χ0n) is 17.1. The molecule has 1 unspecified atom stereocenters. The normalized spacial score (nSPS) is 16.9. The zero-order valence-corrected chi connectivity index (χ0v) is 18.0. The van der Waals surface area contributed by atoms with Crippen LogP contribution in [0.4, 0.5) is 5.69 Å². The summed E-state index contributed by atoms with van der Waals surface area (Å²) in [7, 11) is 0. The number of carbonyl (C=O) groups excluding carboxylic acids is 1. The molecule has 0 radical (unpaired) electrons. The van der Waals surface area contributed by atoms with Crippen LogP contribution in [0.25, 0.3) is 10.2 Å². The lowest BCUT2D eigenvalue weighted by Gasteiger charge is -2.36. The van der Waals surface area contributed by atoms with Crippen molar-refractivity contribution in [1.82, 2.24) is 4.98 Å². The van der Waals surface area contributed by atoms with E-state index in [2.05, 4.69) is 26.8 Å². The number of ketones is 1. The summed E-state index contributed by atoms with van der Waals surface area (Å²) in [6.45, 7) is 9.03. The first kappa shape index (κ1) is 19.1. The van der Waals surface area contributed by atoms with Crippen molar-refractivity contribution >= 4 is 33.0 Å². The molecule has 0 saturated heterocycles. The van der Waals surface area contributed by atoms with E-state index in [1.165, 1.54) is 35.4 Å². The van der Waals surface area contributed by atoms with E-state index < -0.39 is 0 Å². The molecule has 0 fully saturated rings. The highest BCUT2D eigenvalue weighted by Gasteiger charge is 2.32. The second-order valence-corrected chi connectivity index (χ2v) is 9.77. The van der Waals surface area contributed by atoms with Crippen LogP contribution < -0.4 is 5.73 Å². The summed E-state index contributed by atoms with van der Waals surface area (Å²) in [5.41, 5.74) is 11.7. The fourth-order valence-corrected chi connectivity index (χ4v) is 5.21. The standard InChI is InChI=1S/C24H28N2OS/c1-5-24(3,4)17-10-11-19-16(12-17)13-18-20(25)22(28-23(18)26-19)21(27)15-8-6-14(2)7-9-15/h6-9,13,17H,5,10-12,25H2,1-4H3. The van der Waals surface area contributed by atoms with E-state index in [1.807, 2.05) is 31.2 Å². The Morgan fingerprint density at radius 2 is 2.00 bits per heavy atom. The van der Waals surface area contributed by atoms with Gasteiger partial charge in [-0.25, -0.2) is 4.98 Å². The van der Waals surface area contributed by atoms with Gasteiger partial charge in [-0.3, -0.25) is 4.79 Å². The van der Waals surface area contributed by atoms with Gasteiger partial charge in [0.05, 0.1) is 5.69 Å². The highest BCUT2D eigenvalue weighted by molar-refractivity contribution is 7.21. The maximum absolute atomic E-state index is 13.0. The molecule has 1 atom stereocenters. The van der Waals surface area contributed by atoms with Gasteiger partial charge in [0.15, 0.2) is 0 Å². The first-order valence-electron chi connectivity index (χ1n) is 10.1. The van der Waals surface area contributed by atoms with Gasteiger partial charge in [-0.05, 0) is 49.1 Å². The monoisotopic (exact) mass is 392 g/mol. The number of rotatable bonds is 4. The van der Waals surface area contributed by atoms with Crippen LogP contribution in [0, 0.1) is 18.3 Å². The van der Waals surface area contributed by atoms with Crippen molar-refractivity contribution in [3.8, 4) is 0 Å². The molecule has 4 heteroatoms. The van der Waals surface area contributed by atoms with E-state index in [-0.39, 0.29) is 5.78 Å². The number of nitrogens with two attached hydrogens (primary N) is 1. The van der Waals surface area contributed by atoms with Crippen LogP contribution in [0.15, 0.2) is 30.3 Å². The topological polar surface area (TPSA) is 56.0 Å². The smallest absolute Gasteiger partial charge is 0.205 e. The largest absolute Gasteiger partial charge is 0.397 e. The summed E-state index contributed by atoms with van der Waals surface area (Å²) in [6.07, 6.45) is 4.43. The fourth-order valence-electron chi connectivity index (χ4n) is 4.15. The Labute approximate surface area is 171 Å². The van der Waals surface area contributed by atoms with Crippen molar-refractivity contribution in [3.05, 3.63) is 57.6 Å². The van der Waals surface area contributed by atoms with Crippen molar-refractivity contribution in [2.45, 2.75) is 53.4 Å². The van der Waals surface area contributed by atoms with Gasteiger partial charge < -0.3 is 5.73 Å². The third-order valence-corrected chi connectivity index (χ3v) is 7.74. The van der Waals surface area contributed by atoms with Crippen LogP contribution in [-0.2, 0) is 12.8 Å². The molecule has 0 spiro atoms. The number of thiophene rings is 1. The van der Waals surface area contributed by atoms with Gasteiger partial charge in [-0.1, -0.05) is 57.0 Å². The van der Waals surface area contributed by atoms with Crippen molar-refractivity contribution < 1.29 is 4.79 Å². The molecule has 0 saturated carbocycles. The number of nitrogens with zero attached hydrogens (tertiary/aromatic N) is 1. The maximum atomic E-state index is 13.0. The highest BCUT2D eigenvalue weighted by Crippen LogP contribution is 2.42. The predicted molar refractivity (Wildman–Crippen MR) is 118 cm³/mol. The zero-order chi connectivity index (χ0) is 20.1. The molecular formula is C24H28N2OS. The van der Waals surface area contributed by atoms with E-state index in [4.69, 9.17) is 10.7 Å². The molecular weight excluding hydrogens is 364 g/mol. The molecule has 3 nitrogen and oxygen atoms in total. The lowest BCUT2D eigenvalue weighted by atomic mass is 9.69. The molecule has 1 aliphatic carbocycles.